The van der Waals surface area contributed by atoms with Crippen LogP contribution < -0.4 is 0 Å². The van der Waals surface area contributed by atoms with Crippen molar-refractivity contribution in [2.24, 2.45) is 0 Å². The Bertz CT molecular complexity index is 499. The number of aromatic nitrogens is 2. The minimum absolute atomic E-state index is 0.256. The molecule has 0 saturated carbocycles. The lowest BCUT2D eigenvalue weighted by atomic mass is 10.1. The molecule has 84 valence electrons. The molecule has 2 rings (SSSR count). The Kier molecular flexibility index (Phi) is 3.12. The summed E-state index contributed by atoms with van der Waals surface area (Å²) in [5.74, 6) is 0. The average Bonchev–Trinajstić information content (AvgIpc) is 2.30. The van der Waals surface area contributed by atoms with Crippen LogP contribution in [0.1, 0.15) is 11.4 Å². The lowest BCUT2D eigenvalue weighted by Crippen LogP contribution is -2.17. The fourth-order valence-electron chi connectivity index (χ4n) is 1.61. The van der Waals surface area contributed by atoms with Gasteiger partial charge in [0.05, 0.1) is 35.1 Å². The Hall–Kier alpha value is -1.52. The molecule has 2 aromatic rings. The van der Waals surface area contributed by atoms with E-state index in [1.807, 2.05) is 31.2 Å². The van der Waals surface area contributed by atoms with Crippen LogP contribution in [0.2, 0.25) is 0 Å². The van der Waals surface area contributed by atoms with Crippen LogP contribution in [-0.4, -0.2) is 32.9 Å². The van der Waals surface area contributed by atoms with Crippen LogP contribution in [0.15, 0.2) is 24.3 Å². The van der Waals surface area contributed by atoms with Gasteiger partial charge in [-0.05, 0) is 19.1 Å². The van der Waals surface area contributed by atoms with Gasteiger partial charge in [-0.25, -0.2) is 9.97 Å². The van der Waals surface area contributed by atoms with Crippen LogP contribution in [0.3, 0.4) is 0 Å². The predicted octanol–water partition coefficient (Wildman–Crippen LogP) is 0.834. The summed E-state index contributed by atoms with van der Waals surface area (Å²) in [6, 6.07) is 7.61. The van der Waals surface area contributed by atoms with E-state index in [2.05, 4.69) is 9.97 Å². The van der Waals surface area contributed by atoms with Crippen molar-refractivity contribution in [1.29, 1.82) is 0 Å². The van der Waals surface area contributed by atoms with Gasteiger partial charge in [0.2, 0.25) is 0 Å². The molecule has 1 heterocycles. The number of fused-ring (bicyclic) bond motifs is 1. The maximum atomic E-state index is 9.39. The van der Waals surface area contributed by atoms with Crippen molar-refractivity contribution >= 4 is 11.0 Å². The second kappa shape index (κ2) is 4.55. The summed E-state index contributed by atoms with van der Waals surface area (Å²) in [5.41, 5.74) is 3.20. The van der Waals surface area contributed by atoms with Crippen molar-refractivity contribution < 1.29 is 10.2 Å². The second-order valence-corrected chi connectivity index (χ2v) is 3.78. The molecule has 2 N–H and O–H groups in total. The summed E-state index contributed by atoms with van der Waals surface area (Å²) in [7, 11) is 0. The van der Waals surface area contributed by atoms with Gasteiger partial charge in [-0.3, -0.25) is 0 Å². The zero-order valence-corrected chi connectivity index (χ0v) is 9.09. The zero-order valence-electron chi connectivity index (χ0n) is 9.09. The molecular weight excluding hydrogens is 204 g/mol. The van der Waals surface area contributed by atoms with Crippen molar-refractivity contribution in [3.8, 4) is 0 Å². The Labute approximate surface area is 93.6 Å². The normalized spacial score (nSPS) is 12.9. The van der Waals surface area contributed by atoms with E-state index in [-0.39, 0.29) is 6.61 Å². The number of para-hydroxylation sites is 2. The first kappa shape index (κ1) is 11.0. The van der Waals surface area contributed by atoms with E-state index in [0.717, 1.165) is 22.4 Å². The fourth-order valence-corrected chi connectivity index (χ4v) is 1.61. The average molecular weight is 218 g/mol. The summed E-state index contributed by atoms with van der Waals surface area (Å²) < 4.78 is 0. The van der Waals surface area contributed by atoms with Gasteiger partial charge in [0.1, 0.15) is 0 Å². The minimum Gasteiger partial charge on any atom is -0.394 e. The molecule has 1 aromatic carbocycles. The number of hydrogen-bond donors (Lipinski definition) is 2. The fraction of sp³-hybridized carbons (Fsp3) is 0.333. The molecule has 4 nitrogen and oxygen atoms in total. The molecule has 1 atom stereocenters. The Morgan fingerprint density at radius 3 is 2.44 bits per heavy atom. The van der Waals surface area contributed by atoms with Crippen molar-refractivity contribution in [2.75, 3.05) is 6.61 Å². The molecule has 4 heteroatoms. The van der Waals surface area contributed by atoms with Crippen molar-refractivity contribution in [2.45, 2.75) is 19.4 Å². The highest BCUT2D eigenvalue weighted by Crippen LogP contribution is 2.13. The highest BCUT2D eigenvalue weighted by atomic mass is 16.3. The van der Waals surface area contributed by atoms with Crippen molar-refractivity contribution in [3.05, 3.63) is 35.7 Å². The van der Waals surface area contributed by atoms with E-state index < -0.39 is 6.10 Å². The lowest BCUT2D eigenvalue weighted by Gasteiger charge is -2.09. The summed E-state index contributed by atoms with van der Waals surface area (Å²) >= 11 is 0. The largest absolute Gasteiger partial charge is 0.394 e. The molecule has 1 aromatic heterocycles. The van der Waals surface area contributed by atoms with Gasteiger partial charge >= 0.3 is 0 Å². The monoisotopic (exact) mass is 218 g/mol. The Morgan fingerprint density at radius 1 is 1.19 bits per heavy atom. The van der Waals surface area contributed by atoms with E-state index in [1.54, 1.807) is 0 Å². The van der Waals surface area contributed by atoms with Crippen LogP contribution in [-0.2, 0) is 6.42 Å². The first-order valence-corrected chi connectivity index (χ1v) is 5.22. The summed E-state index contributed by atoms with van der Waals surface area (Å²) in [6.07, 6.45) is -0.436. The first-order valence-electron chi connectivity index (χ1n) is 5.22. The van der Waals surface area contributed by atoms with E-state index in [1.165, 1.54) is 0 Å². The van der Waals surface area contributed by atoms with Gasteiger partial charge in [-0.15, -0.1) is 0 Å². The second-order valence-electron chi connectivity index (χ2n) is 3.78. The maximum Gasteiger partial charge on any atom is 0.0890 e. The zero-order chi connectivity index (χ0) is 11.5. The smallest absolute Gasteiger partial charge is 0.0890 e. The molecule has 0 radical (unpaired) electrons. The predicted molar refractivity (Wildman–Crippen MR) is 61.1 cm³/mol. The molecular formula is C12H14N2O2. The summed E-state index contributed by atoms with van der Waals surface area (Å²) in [4.78, 5) is 8.84. The van der Waals surface area contributed by atoms with Crippen LogP contribution in [0, 0.1) is 6.92 Å². The number of benzene rings is 1. The number of aryl methyl sites for hydroxylation is 1. The highest BCUT2D eigenvalue weighted by Gasteiger charge is 2.09. The van der Waals surface area contributed by atoms with Gasteiger partial charge < -0.3 is 10.2 Å². The van der Waals surface area contributed by atoms with Crippen molar-refractivity contribution in [1.82, 2.24) is 9.97 Å². The molecule has 0 bridgehead atoms. The van der Waals surface area contributed by atoms with E-state index >= 15 is 0 Å². The topological polar surface area (TPSA) is 66.2 Å². The third-order valence-electron chi connectivity index (χ3n) is 2.48. The highest BCUT2D eigenvalue weighted by molar-refractivity contribution is 5.74. The number of nitrogens with zero attached hydrogens (tertiary/aromatic N) is 2. The third-order valence-corrected chi connectivity index (χ3v) is 2.48. The minimum atomic E-state index is -0.769. The molecule has 0 aliphatic rings. The number of aliphatic hydroxyl groups is 2. The number of rotatable bonds is 3. The maximum absolute atomic E-state index is 9.39. The van der Waals surface area contributed by atoms with Crippen LogP contribution in [0.4, 0.5) is 0 Å². The van der Waals surface area contributed by atoms with E-state index in [9.17, 15) is 5.11 Å². The standard InChI is InChI=1S/C12H14N2O2/c1-8-12(6-9(16)7-15)14-11-5-3-2-4-10(11)13-8/h2-5,9,15-16H,6-7H2,1H3/t9-/m1/s1. The van der Waals surface area contributed by atoms with Crippen molar-refractivity contribution in [3.63, 3.8) is 0 Å². The van der Waals surface area contributed by atoms with Gasteiger partial charge in [0.25, 0.3) is 0 Å². The Morgan fingerprint density at radius 2 is 1.81 bits per heavy atom. The van der Waals surface area contributed by atoms with Gasteiger partial charge in [0.15, 0.2) is 0 Å². The lowest BCUT2D eigenvalue weighted by molar-refractivity contribution is 0.0946. The van der Waals surface area contributed by atoms with Gasteiger partial charge in [0, 0.05) is 6.42 Å². The third kappa shape index (κ3) is 2.18. The molecule has 0 spiro atoms. The molecule has 16 heavy (non-hydrogen) atoms. The van der Waals surface area contributed by atoms with Crippen LogP contribution in [0.25, 0.3) is 11.0 Å². The summed E-state index contributed by atoms with van der Waals surface area (Å²) in [5, 5.41) is 18.2. The Balaban J connectivity index is 2.42. The number of hydrogen-bond acceptors (Lipinski definition) is 4. The molecule has 0 aliphatic carbocycles. The van der Waals surface area contributed by atoms with E-state index in [4.69, 9.17) is 5.11 Å². The van der Waals surface area contributed by atoms with Crippen LogP contribution >= 0.6 is 0 Å². The molecule has 0 aliphatic heterocycles. The number of aliphatic hydroxyl groups excluding tert-OH is 2. The van der Waals surface area contributed by atoms with E-state index in [0.29, 0.717) is 6.42 Å². The van der Waals surface area contributed by atoms with Gasteiger partial charge in [-0.1, -0.05) is 12.1 Å². The first-order chi connectivity index (χ1) is 7.70. The molecule has 0 unspecified atom stereocenters. The quantitative estimate of drug-likeness (QED) is 0.801. The van der Waals surface area contributed by atoms with Gasteiger partial charge in [-0.2, -0.15) is 0 Å². The molecule has 0 fully saturated rings. The SMILES string of the molecule is Cc1nc2ccccc2nc1C[C@@H](O)CO. The molecule has 0 amide bonds. The molecule has 0 saturated heterocycles. The van der Waals surface area contributed by atoms with Crippen LogP contribution in [0.5, 0.6) is 0 Å². The summed E-state index contributed by atoms with van der Waals surface area (Å²) in [6.45, 7) is 1.60.